The number of carbonyl (C=O) groups is 2. The van der Waals surface area contributed by atoms with E-state index in [2.05, 4.69) is 10.3 Å². The minimum absolute atomic E-state index is 0.0373. The Morgan fingerprint density at radius 3 is 2.23 bits per heavy atom. The highest BCUT2D eigenvalue weighted by molar-refractivity contribution is 5.92. The standard InChI is InChI=1S/C23H26F2N4O2/c1-22(24,25)17-5-7-18(8-6-17)27-21(31)28-13-9-23(10-14-28)11-15-29(16-23)20(30)19-4-2-3-12-26-19/h2-8,12H,9-11,13-16H2,1H3,(H,27,31). The summed E-state index contributed by atoms with van der Waals surface area (Å²) in [4.78, 5) is 33.0. The van der Waals surface area contributed by atoms with Gasteiger partial charge in [0.1, 0.15) is 5.69 Å². The molecule has 2 fully saturated rings. The molecule has 0 atom stereocenters. The summed E-state index contributed by atoms with van der Waals surface area (Å²) in [6.07, 6.45) is 4.20. The van der Waals surface area contributed by atoms with Crippen molar-refractivity contribution in [3.63, 3.8) is 0 Å². The van der Waals surface area contributed by atoms with Crippen LogP contribution in [0.1, 0.15) is 42.2 Å². The smallest absolute Gasteiger partial charge is 0.321 e. The first-order chi connectivity index (χ1) is 14.8. The van der Waals surface area contributed by atoms with Gasteiger partial charge >= 0.3 is 6.03 Å². The molecule has 0 aliphatic carbocycles. The van der Waals surface area contributed by atoms with Gasteiger partial charge in [0.2, 0.25) is 0 Å². The number of hydrogen-bond acceptors (Lipinski definition) is 3. The molecule has 31 heavy (non-hydrogen) atoms. The van der Waals surface area contributed by atoms with Crippen molar-refractivity contribution < 1.29 is 18.4 Å². The van der Waals surface area contributed by atoms with Crippen molar-refractivity contribution >= 4 is 17.6 Å². The molecule has 3 amide bonds. The fourth-order valence-corrected chi connectivity index (χ4v) is 4.40. The van der Waals surface area contributed by atoms with Crippen LogP contribution in [0.3, 0.4) is 0 Å². The van der Waals surface area contributed by atoms with E-state index in [1.807, 2.05) is 11.0 Å². The summed E-state index contributed by atoms with van der Waals surface area (Å²) in [5.74, 6) is -2.95. The molecular formula is C23H26F2N4O2. The molecule has 0 radical (unpaired) electrons. The number of likely N-dealkylation sites (tertiary alicyclic amines) is 2. The second-order valence-electron chi connectivity index (χ2n) is 8.57. The summed E-state index contributed by atoms with van der Waals surface area (Å²) < 4.78 is 26.7. The van der Waals surface area contributed by atoms with Crippen molar-refractivity contribution in [3.8, 4) is 0 Å². The first-order valence-corrected chi connectivity index (χ1v) is 10.5. The molecule has 8 heteroatoms. The molecule has 0 bridgehead atoms. The van der Waals surface area contributed by atoms with Gasteiger partial charge in [0.15, 0.2) is 0 Å². The maximum Gasteiger partial charge on any atom is 0.321 e. The average Bonchev–Trinajstić information content (AvgIpc) is 3.17. The van der Waals surface area contributed by atoms with E-state index in [0.717, 1.165) is 26.2 Å². The number of urea groups is 1. The highest BCUT2D eigenvalue weighted by Crippen LogP contribution is 2.40. The summed E-state index contributed by atoms with van der Waals surface area (Å²) in [7, 11) is 0. The van der Waals surface area contributed by atoms with Gasteiger partial charge in [-0.2, -0.15) is 0 Å². The number of alkyl halides is 2. The van der Waals surface area contributed by atoms with E-state index in [1.54, 1.807) is 23.2 Å². The lowest BCUT2D eigenvalue weighted by molar-refractivity contribution is 0.0175. The van der Waals surface area contributed by atoms with Crippen molar-refractivity contribution in [2.45, 2.75) is 32.1 Å². The second kappa shape index (κ2) is 8.24. The van der Waals surface area contributed by atoms with Crippen LogP contribution in [-0.2, 0) is 5.92 Å². The van der Waals surface area contributed by atoms with Crippen LogP contribution in [0.4, 0.5) is 19.3 Å². The van der Waals surface area contributed by atoms with Crippen molar-refractivity contribution in [3.05, 3.63) is 59.9 Å². The van der Waals surface area contributed by atoms with E-state index >= 15 is 0 Å². The molecule has 1 N–H and O–H groups in total. The summed E-state index contributed by atoms with van der Waals surface area (Å²) in [6.45, 7) is 3.43. The molecule has 6 nitrogen and oxygen atoms in total. The van der Waals surface area contributed by atoms with Crippen LogP contribution in [0.5, 0.6) is 0 Å². The van der Waals surface area contributed by atoms with Gasteiger partial charge in [-0.1, -0.05) is 18.2 Å². The number of benzene rings is 1. The van der Waals surface area contributed by atoms with Gasteiger partial charge in [-0.3, -0.25) is 9.78 Å². The summed E-state index contributed by atoms with van der Waals surface area (Å²) in [5, 5.41) is 2.79. The topological polar surface area (TPSA) is 65.5 Å². The lowest BCUT2D eigenvalue weighted by Gasteiger charge is -2.39. The molecule has 0 unspecified atom stereocenters. The molecule has 4 rings (SSSR count). The van der Waals surface area contributed by atoms with Crippen LogP contribution in [0.25, 0.3) is 0 Å². The molecular weight excluding hydrogens is 402 g/mol. The van der Waals surface area contributed by atoms with Gasteiger partial charge in [-0.15, -0.1) is 0 Å². The largest absolute Gasteiger partial charge is 0.337 e. The van der Waals surface area contributed by atoms with Gasteiger partial charge in [0.25, 0.3) is 11.8 Å². The Morgan fingerprint density at radius 1 is 1.00 bits per heavy atom. The molecule has 2 aromatic rings. The normalized spacial score (nSPS) is 18.3. The zero-order chi connectivity index (χ0) is 22.1. The van der Waals surface area contributed by atoms with Crippen LogP contribution in [-0.4, -0.2) is 52.9 Å². The average molecular weight is 428 g/mol. The van der Waals surface area contributed by atoms with Crippen LogP contribution in [0.2, 0.25) is 0 Å². The minimum Gasteiger partial charge on any atom is -0.337 e. The first-order valence-electron chi connectivity index (χ1n) is 10.5. The van der Waals surface area contributed by atoms with Crippen LogP contribution < -0.4 is 5.32 Å². The number of carbonyl (C=O) groups excluding carboxylic acids is 2. The lowest BCUT2D eigenvalue weighted by Crippen LogP contribution is -2.46. The molecule has 2 saturated heterocycles. The number of nitrogens with one attached hydrogen (secondary N) is 1. The van der Waals surface area contributed by atoms with E-state index < -0.39 is 5.92 Å². The van der Waals surface area contributed by atoms with E-state index in [1.165, 1.54) is 24.3 Å². The number of aromatic nitrogens is 1. The molecule has 2 aliphatic heterocycles. The molecule has 0 saturated carbocycles. The Bertz CT molecular complexity index is 936. The minimum atomic E-state index is -2.91. The summed E-state index contributed by atoms with van der Waals surface area (Å²) in [5.41, 5.74) is 0.904. The highest BCUT2D eigenvalue weighted by atomic mass is 19.3. The Hall–Kier alpha value is -3.03. The molecule has 1 aromatic carbocycles. The zero-order valence-corrected chi connectivity index (χ0v) is 17.5. The highest BCUT2D eigenvalue weighted by Gasteiger charge is 2.43. The quantitative estimate of drug-likeness (QED) is 0.790. The van der Waals surface area contributed by atoms with E-state index in [0.29, 0.717) is 37.6 Å². The number of rotatable bonds is 3. The maximum absolute atomic E-state index is 13.3. The van der Waals surface area contributed by atoms with Gasteiger partial charge in [0, 0.05) is 50.6 Å². The third-order valence-corrected chi connectivity index (χ3v) is 6.36. The third-order valence-electron chi connectivity index (χ3n) is 6.36. The number of piperidine rings is 1. The van der Waals surface area contributed by atoms with Crippen molar-refractivity contribution in [2.75, 3.05) is 31.5 Å². The first kappa shape index (κ1) is 21.2. The van der Waals surface area contributed by atoms with Crippen molar-refractivity contribution in [2.24, 2.45) is 5.41 Å². The van der Waals surface area contributed by atoms with Crippen molar-refractivity contribution in [1.82, 2.24) is 14.8 Å². The Morgan fingerprint density at radius 2 is 1.65 bits per heavy atom. The fraction of sp³-hybridized carbons (Fsp3) is 0.435. The monoisotopic (exact) mass is 428 g/mol. The van der Waals surface area contributed by atoms with Crippen LogP contribution >= 0.6 is 0 Å². The predicted molar refractivity (Wildman–Crippen MR) is 113 cm³/mol. The number of nitrogens with zero attached hydrogens (tertiary/aromatic N) is 3. The number of hydrogen-bond donors (Lipinski definition) is 1. The molecule has 164 valence electrons. The van der Waals surface area contributed by atoms with E-state index in [4.69, 9.17) is 0 Å². The van der Waals surface area contributed by atoms with E-state index in [9.17, 15) is 18.4 Å². The Balaban J connectivity index is 1.30. The van der Waals surface area contributed by atoms with Crippen molar-refractivity contribution in [1.29, 1.82) is 0 Å². The summed E-state index contributed by atoms with van der Waals surface area (Å²) >= 11 is 0. The molecule has 2 aliphatic rings. The molecule has 1 aromatic heterocycles. The predicted octanol–water partition coefficient (Wildman–Crippen LogP) is 4.35. The fourth-order valence-electron chi connectivity index (χ4n) is 4.40. The van der Waals surface area contributed by atoms with Gasteiger partial charge in [0.05, 0.1) is 0 Å². The zero-order valence-electron chi connectivity index (χ0n) is 17.5. The second-order valence-corrected chi connectivity index (χ2v) is 8.57. The van der Waals surface area contributed by atoms with Gasteiger partial charge < -0.3 is 15.1 Å². The van der Waals surface area contributed by atoms with Crippen LogP contribution in [0.15, 0.2) is 48.7 Å². The molecule has 3 heterocycles. The number of pyridine rings is 1. The third kappa shape index (κ3) is 4.68. The lowest BCUT2D eigenvalue weighted by atomic mass is 9.78. The summed E-state index contributed by atoms with van der Waals surface area (Å²) in [6, 6.07) is 10.7. The number of anilines is 1. The number of amides is 3. The SMILES string of the molecule is CC(F)(F)c1ccc(NC(=O)N2CCC3(CC2)CCN(C(=O)c2ccccn2)C3)cc1. The number of halogens is 2. The Labute approximate surface area is 180 Å². The van der Waals surface area contributed by atoms with Gasteiger partial charge in [-0.25, -0.2) is 13.6 Å². The van der Waals surface area contributed by atoms with Gasteiger partial charge in [-0.05, 0) is 48.9 Å². The molecule has 1 spiro atoms. The maximum atomic E-state index is 13.3. The Kier molecular flexibility index (Phi) is 5.64. The van der Waals surface area contributed by atoms with Crippen LogP contribution in [0, 0.1) is 5.41 Å². The van der Waals surface area contributed by atoms with E-state index in [-0.39, 0.29) is 22.9 Å².